The highest BCUT2D eigenvalue weighted by Crippen LogP contribution is 2.36. The number of piperidine rings is 1. The number of oxazole rings is 1. The van der Waals surface area contributed by atoms with Gasteiger partial charge in [0.1, 0.15) is 11.5 Å². The Hall–Kier alpha value is -3.21. The van der Waals surface area contributed by atoms with Crippen molar-refractivity contribution >= 4 is 22.6 Å². The smallest absolute Gasteiger partial charge is 0.390 e. The van der Waals surface area contributed by atoms with Gasteiger partial charge >= 0.3 is 12.2 Å². The summed E-state index contributed by atoms with van der Waals surface area (Å²) in [5.41, 5.74) is 0.634. The summed E-state index contributed by atoms with van der Waals surface area (Å²) < 4.78 is 42.9. The van der Waals surface area contributed by atoms with Gasteiger partial charge in [-0.15, -0.1) is 0 Å². The highest BCUT2D eigenvalue weighted by Gasteiger charge is 2.43. The largest absolute Gasteiger partial charge is 0.439 e. The van der Waals surface area contributed by atoms with E-state index >= 15 is 0 Å². The van der Waals surface area contributed by atoms with E-state index in [1.165, 1.54) is 0 Å². The predicted octanol–water partition coefficient (Wildman–Crippen LogP) is 4.66. The van der Waals surface area contributed by atoms with Crippen LogP contribution in [-0.2, 0) is 0 Å². The van der Waals surface area contributed by atoms with Crippen LogP contribution in [0.4, 0.5) is 23.8 Å². The number of aryl methyl sites for hydroxylation is 1. The van der Waals surface area contributed by atoms with Crippen molar-refractivity contribution in [1.82, 2.24) is 25.2 Å². The van der Waals surface area contributed by atoms with Crippen molar-refractivity contribution in [2.24, 2.45) is 0 Å². The van der Waals surface area contributed by atoms with Crippen LogP contribution in [0.25, 0.3) is 22.2 Å². The first-order valence-corrected chi connectivity index (χ1v) is 11.3. The number of nitrogens with one attached hydrogen (secondary N) is 2. The van der Waals surface area contributed by atoms with Gasteiger partial charge in [-0.25, -0.2) is 14.8 Å². The SMILES string of the molecule is Cc1ncc(-c2cc3cc(NC(=O)N4[C@@H]5CC[C@H]4C[C@@H](NCCC(F)(F)F)C5)ncc3cn2)o1. The maximum atomic E-state index is 13.1. The number of hydrogen-bond acceptors (Lipinski definition) is 6. The summed E-state index contributed by atoms with van der Waals surface area (Å²) in [4.78, 5) is 27.7. The summed E-state index contributed by atoms with van der Waals surface area (Å²) in [5, 5.41) is 7.59. The minimum Gasteiger partial charge on any atom is -0.439 e. The van der Waals surface area contributed by atoms with Gasteiger partial charge in [0.15, 0.2) is 11.7 Å². The van der Waals surface area contributed by atoms with Gasteiger partial charge in [-0.05, 0) is 43.2 Å². The van der Waals surface area contributed by atoms with E-state index in [0.29, 0.717) is 36.0 Å². The first-order valence-electron chi connectivity index (χ1n) is 11.3. The molecule has 8 nitrogen and oxygen atoms in total. The van der Waals surface area contributed by atoms with E-state index in [-0.39, 0.29) is 30.7 Å². The molecule has 2 amide bonds. The van der Waals surface area contributed by atoms with Crippen molar-refractivity contribution in [3.05, 3.63) is 36.6 Å². The highest BCUT2D eigenvalue weighted by atomic mass is 19.4. The zero-order valence-electron chi connectivity index (χ0n) is 18.6. The van der Waals surface area contributed by atoms with Gasteiger partial charge in [0.2, 0.25) is 0 Å². The van der Waals surface area contributed by atoms with E-state index in [2.05, 4.69) is 25.6 Å². The fraction of sp³-hybridized carbons (Fsp3) is 0.478. The maximum absolute atomic E-state index is 13.1. The first kappa shape index (κ1) is 22.6. The molecule has 3 atom stereocenters. The molecule has 0 unspecified atom stereocenters. The highest BCUT2D eigenvalue weighted by molar-refractivity contribution is 5.92. The van der Waals surface area contributed by atoms with Crippen molar-refractivity contribution in [2.45, 2.75) is 63.3 Å². The van der Waals surface area contributed by atoms with Crippen LogP contribution in [0.5, 0.6) is 0 Å². The van der Waals surface area contributed by atoms with Crippen molar-refractivity contribution in [2.75, 3.05) is 11.9 Å². The molecule has 2 saturated heterocycles. The monoisotopic (exact) mass is 474 g/mol. The average Bonchev–Trinajstić information content (AvgIpc) is 3.33. The Labute approximate surface area is 194 Å². The van der Waals surface area contributed by atoms with E-state index in [1.807, 2.05) is 11.0 Å². The lowest BCUT2D eigenvalue weighted by Crippen LogP contribution is -2.53. The maximum Gasteiger partial charge on any atom is 0.390 e. The third-order valence-electron chi connectivity index (χ3n) is 6.52. The number of pyridine rings is 2. The average molecular weight is 474 g/mol. The molecule has 2 N–H and O–H groups in total. The molecule has 3 aromatic rings. The molecule has 3 aromatic heterocycles. The van der Waals surface area contributed by atoms with Crippen molar-refractivity contribution in [1.29, 1.82) is 0 Å². The fourth-order valence-corrected chi connectivity index (χ4v) is 4.99. The molecule has 2 aliphatic rings. The van der Waals surface area contributed by atoms with Crippen LogP contribution in [0.1, 0.15) is 38.0 Å². The zero-order valence-corrected chi connectivity index (χ0v) is 18.6. The molecule has 2 aliphatic heterocycles. The van der Waals surface area contributed by atoms with Crippen LogP contribution in [0.3, 0.4) is 0 Å². The summed E-state index contributed by atoms with van der Waals surface area (Å²) in [6, 6.07) is 3.42. The third kappa shape index (κ3) is 4.84. The standard InChI is InChI=1S/C23H25F3N6O2/c1-13-28-12-20(34-13)19-6-14-7-21(30-11-15(14)10-29-19)31-22(33)32-17-2-3-18(32)9-16(8-17)27-5-4-23(24,25)26/h6-7,10-12,16-18,27H,2-5,8-9H2,1H3,(H,30,31,33)/t16-,17+,18-. The number of halogens is 3. The molecular weight excluding hydrogens is 449 g/mol. The minimum absolute atomic E-state index is 0.00616. The number of carbonyl (C=O) groups is 1. The number of urea groups is 1. The van der Waals surface area contributed by atoms with Crippen LogP contribution in [0.2, 0.25) is 0 Å². The van der Waals surface area contributed by atoms with Gasteiger partial charge < -0.3 is 14.6 Å². The molecule has 0 spiro atoms. The van der Waals surface area contributed by atoms with Gasteiger partial charge in [0.05, 0.1) is 12.6 Å². The second-order valence-corrected chi connectivity index (χ2v) is 8.94. The number of carbonyl (C=O) groups excluding carboxylic acids is 1. The molecule has 0 aliphatic carbocycles. The Kier molecular flexibility index (Phi) is 5.88. The Bertz CT molecular complexity index is 1180. The van der Waals surface area contributed by atoms with Crippen LogP contribution in [0, 0.1) is 6.92 Å². The van der Waals surface area contributed by atoms with Crippen molar-refractivity contribution in [3.8, 4) is 11.5 Å². The third-order valence-corrected chi connectivity index (χ3v) is 6.52. The summed E-state index contributed by atoms with van der Waals surface area (Å²) >= 11 is 0. The van der Waals surface area contributed by atoms with Gasteiger partial charge in [-0.3, -0.25) is 10.3 Å². The molecule has 0 aromatic carbocycles. The summed E-state index contributed by atoms with van der Waals surface area (Å²) in [6.45, 7) is 1.67. The quantitative estimate of drug-likeness (QED) is 0.558. The number of fused-ring (bicyclic) bond motifs is 3. The van der Waals surface area contributed by atoms with Crippen molar-refractivity contribution < 1.29 is 22.4 Å². The first-order chi connectivity index (χ1) is 16.2. The van der Waals surface area contributed by atoms with E-state index in [1.54, 1.807) is 31.6 Å². The Morgan fingerprint density at radius 2 is 1.82 bits per heavy atom. The minimum atomic E-state index is -4.16. The van der Waals surface area contributed by atoms with Crippen LogP contribution in [-0.4, -0.2) is 56.7 Å². The predicted molar refractivity (Wildman–Crippen MR) is 119 cm³/mol. The molecular formula is C23H25F3N6O2. The van der Waals surface area contributed by atoms with E-state index in [4.69, 9.17) is 4.42 Å². The molecule has 0 saturated carbocycles. The number of alkyl halides is 3. The van der Waals surface area contributed by atoms with Crippen LogP contribution < -0.4 is 10.6 Å². The molecule has 2 fully saturated rings. The van der Waals surface area contributed by atoms with Gasteiger partial charge in [-0.2, -0.15) is 13.2 Å². The number of hydrogen-bond donors (Lipinski definition) is 2. The normalized spacial score (nSPS) is 22.4. The fourth-order valence-electron chi connectivity index (χ4n) is 4.99. The van der Waals surface area contributed by atoms with E-state index in [9.17, 15) is 18.0 Å². The Balaban J connectivity index is 1.25. The van der Waals surface area contributed by atoms with Crippen LogP contribution >= 0.6 is 0 Å². The second-order valence-electron chi connectivity index (χ2n) is 8.94. The lowest BCUT2D eigenvalue weighted by molar-refractivity contribution is -0.133. The van der Waals surface area contributed by atoms with Gasteiger partial charge in [0, 0.05) is 49.4 Å². The number of aromatic nitrogens is 3. The Morgan fingerprint density at radius 1 is 1.09 bits per heavy atom. The molecule has 2 bridgehead atoms. The molecule has 11 heteroatoms. The topological polar surface area (TPSA) is 96.2 Å². The molecule has 34 heavy (non-hydrogen) atoms. The van der Waals surface area contributed by atoms with Gasteiger partial charge in [-0.1, -0.05) is 0 Å². The summed E-state index contributed by atoms with van der Waals surface area (Å²) in [7, 11) is 0. The molecule has 5 heterocycles. The molecule has 180 valence electrons. The number of nitrogens with zero attached hydrogens (tertiary/aromatic N) is 4. The zero-order chi connectivity index (χ0) is 23.9. The summed E-state index contributed by atoms with van der Waals surface area (Å²) in [6.07, 6.45) is 2.96. The van der Waals surface area contributed by atoms with Crippen molar-refractivity contribution in [3.63, 3.8) is 0 Å². The van der Waals surface area contributed by atoms with Gasteiger partial charge in [0.25, 0.3) is 0 Å². The number of rotatable bonds is 5. The second kappa shape index (κ2) is 8.86. The molecule has 5 rings (SSSR count). The molecule has 0 radical (unpaired) electrons. The summed E-state index contributed by atoms with van der Waals surface area (Å²) in [5.74, 6) is 1.53. The Morgan fingerprint density at radius 3 is 2.50 bits per heavy atom. The van der Waals surface area contributed by atoms with E-state index < -0.39 is 12.6 Å². The lowest BCUT2D eigenvalue weighted by atomic mass is 9.97. The number of anilines is 1. The lowest BCUT2D eigenvalue weighted by Gasteiger charge is -2.39. The van der Waals surface area contributed by atoms with E-state index in [0.717, 1.165) is 23.6 Å². The number of amides is 2. The van der Waals surface area contributed by atoms with Crippen LogP contribution in [0.15, 0.2) is 35.1 Å².